The van der Waals surface area contributed by atoms with Crippen molar-refractivity contribution < 1.29 is 24.1 Å². The lowest BCUT2D eigenvalue weighted by Gasteiger charge is -2.32. The van der Waals surface area contributed by atoms with Crippen LogP contribution in [0.3, 0.4) is 0 Å². The zero-order valence-electron chi connectivity index (χ0n) is 18.4. The molecule has 6 rings (SSSR count). The summed E-state index contributed by atoms with van der Waals surface area (Å²) in [5.74, 6) is -1.05. The maximum Gasteiger partial charge on any atom is 0.343 e. The summed E-state index contributed by atoms with van der Waals surface area (Å²) in [7, 11) is 0. The topological polar surface area (TPSA) is 92.0 Å². The van der Waals surface area contributed by atoms with Gasteiger partial charge in [0, 0.05) is 28.6 Å². The monoisotopic (exact) mass is 450 g/mol. The molecule has 4 heterocycles. The molecule has 3 aromatic rings. The number of rotatable bonds is 2. The molecule has 0 spiro atoms. The van der Waals surface area contributed by atoms with E-state index in [-0.39, 0.29) is 48.8 Å². The maximum absolute atomic E-state index is 14.8. The highest BCUT2D eigenvalue weighted by atomic mass is 19.1. The van der Waals surface area contributed by atoms with E-state index in [0.29, 0.717) is 29.6 Å². The first-order chi connectivity index (χ1) is 15.8. The molecule has 0 bridgehead atoms. The van der Waals surface area contributed by atoms with Crippen LogP contribution in [0.25, 0.3) is 22.0 Å². The SMILES string of the molecule is CC[C@@]1(O)C(=O)OCc2c1cc1n(c2=O)Cc2c-1cc1cc(F)c(C)c3c1c2N(CO)CC3. The molecule has 0 amide bonds. The van der Waals surface area contributed by atoms with Crippen LogP contribution >= 0.6 is 0 Å². The number of aliphatic hydroxyl groups excluding tert-OH is 1. The number of benzene rings is 2. The Morgan fingerprint density at radius 3 is 2.70 bits per heavy atom. The Bertz CT molecular complexity index is 1460. The Morgan fingerprint density at radius 2 is 1.97 bits per heavy atom. The second-order valence-corrected chi connectivity index (χ2v) is 9.07. The van der Waals surface area contributed by atoms with Crippen LogP contribution in [0, 0.1) is 12.7 Å². The normalized spacial score (nSPS) is 20.5. The number of fused-ring (bicyclic) bond motifs is 5. The molecule has 3 aliphatic rings. The van der Waals surface area contributed by atoms with Crippen molar-refractivity contribution in [2.75, 3.05) is 18.2 Å². The predicted molar refractivity (Wildman–Crippen MR) is 120 cm³/mol. The third kappa shape index (κ3) is 2.45. The number of carbonyl (C=O) groups excluding carboxylic acids is 1. The van der Waals surface area contributed by atoms with Crippen molar-refractivity contribution in [3.8, 4) is 11.3 Å². The Kier molecular flexibility index (Phi) is 4.11. The molecular formula is C25H23FN2O5. The minimum atomic E-state index is -1.89. The fraction of sp³-hybridized carbons (Fsp3) is 0.360. The van der Waals surface area contributed by atoms with Gasteiger partial charge >= 0.3 is 5.97 Å². The molecule has 170 valence electrons. The number of pyridine rings is 1. The highest BCUT2D eigenvalue weighted by Gasteiger charge is 2.45. The van der Waals surface area contributed by atoms with E-state index in [1.54, 1.807) is 24.5 Å². The lowest BCUT2D eigenvalue weighted by atomic mass is 9.85. The molecule has 7 nitrogen and oxygen atoms in total. The average molecular weight is 450 g/mol. The molecule has 8 heteroatoms. The van der Waals surface area contributed by atoms with Gasteiger partial charge in [-0.25, -0.2) is 9.18 Å². The molecule has 2 N–H and O–H groups in total. The Morgan fingerprint density at radius 1 is 1.18 bits per heavy atom. The number of ether oxygens (including phenoxy) is 1. The van der Waals surface area contributed by atoms with E-state index in [2.05, 4.69) is 0 Å². The number of aliphatic hydroxyl groups is 2. The van der Waals surface area contributed by atoms with E-state index in [9.17, 15) is 24.2 Å². The van der Waals surface area contributed by atoms with Crippen molar-refractivity contribution >= 4 is 22.4 Å². The summed E-state index contributed by atoms with van der Waals surface area (Å²) in [4.78, 5) is 27.7. The van der Waals surface area contributed by atoms with Crippen molar-refractivity contribution in [1.82, 2.24) is 4.57 Å². The lowest BCUT2D eigenvalue weighted by Crippen LogP contribution is -2.44. The summed E-state index contributed by atoms with van der Waals surface area (Å²) in [6.45, 7) is 3.88. The lowest BCUT2D eigenvalue weighted by molar-refractivity contribution is -0.172. The molecule has 1 aromatic heterocycles. The number of anilines is 1. The summed E-state index contributed by atoms with van der Waals surface area (Å²) in [5, 5.41) is 22.8. The largest absolute Gasteiger partial charge is 0.458 e. The minimum absolute atomic E-state index is 0.0731. The molecule has 0 saturated carbocycles. The average Bonchev–Trinajstić information content (AvgIpc) is 3.18. The van der Waals surface area contributed by atoms with E-state index in [0.717, 1.165) is 27.8 Å². The molecule has 2 aromatic carbocycles. The Labute approximate surface area is 188 Å². The van der Waals surface area contributed by atoms with Crippen molar-refractivity contribution in [2.24, 2.45) is 0 Å². The highest BCUT2D eigenvalue weighted by molar-refractivity contribution is 6.04. The summed E-state index contributed by atoms with van der Waals surface area (Å²) < 4.78 is 21.5. The first-order valence-corrected chi connectivity index (χ1v) is 11.1. The van der Waals surface area contributed by atoms with Gasteiger partial charge in [-0.1, -0.05) is 6.92 Å². The van der Waals surface area contributed by atoms with Crippen LogP contribution in [0.15, 0.2) is 23.0 Å². The minimum Gasteiger partial charge on any atom is -0.458 e. The third-order valence-corrected chi connectivity index (χ3v) is 7.58. The number of carbonyl (C=O) groups is 1. The fourth-order valence-corrected chi connectivity index (χ4v) is 5.73. The second-order valence-electron chi connectivity index (χ2n) is 9.07. The molecule has 0 unspecified atom stereocenters. The van der Waals surface area contributed by atoms with E-state index in [1.807, 2.05) is 11.0 Å². The first-order valence-electron chi connectivity index (χ1n) is 11.1. The third-order valence-electron chi connectivity index (χ3n) is 7.58. The zero-order chi connectivity index (χ0) is 23.2. The van der Waals surface area contributed by atoms with Crippen molar-refractivity contribution in [1.29, 1.82) is 0 Å². The van der Waals surface area contributed by atoms with Gasteiger partial charge in [0.05, 0.1) is 23.5 Å². The van der Waals surface area contributed by atoms with Crippen LogP contribution in [0.5, 0.6) is 0 Å². The molecule has 1 atom stereocenters. The summed E-state index contributed by atoms with van der Waals surface area (Å²) in [5.41, 5.74) is 2.87. The van der Waals surface area contributed by atoms with Crippen molar-refractivity contribution in [3.05, 3.63) is 62.2 Å². The number of nitrogens with zero attached hydrogens (tertiary/aromatic N) is 2. The molecular weight excluding hydrogens is 427 g/mol. The zero-order valence-corrected chi connectivity index (χ0v) is 18.4. The molecule has 0 saturated heterocycles. The van der Waals surface area contributed by atoms with E-state index < -0.39 is 11.6 Å². The van der Waals surface area contributed by atoms with Crippen LogP contribution < -0.4 is 10.5 Å². The van der Waals surface area contributed by atoms with Gasteiger partial charge in [-0.05, 0) is 54.5 Å². The van der Waals surface area contributed by atoms with Gasteiger partial charge in [0.2, 0.25) is 0 Å². The van der Waals surface area contributed by atoms with E-state index in [4.69, 9.17) is 4.74 Å². The quantitative estimate of drug-likeness (QED) is 0.456. The number of hydrogen-bond acceptors (Lipinski definition) is 6. The smallest absolute Gasteiger partial charge is 0.343 e. The van der Waals surface area contributed by atoms with Gasteiger partial charge in [0.25, 0.3) is 5.56 Å². The van der Waals surface area contributed by atoms with E-state index >= 15 is 0 Å². The Hall–Kier alpha value is -3.23. The molecule has 0 aliphatic carbocycles. The van der Waals surface area contributed by atoms with Gasteiger partial charge in [0.15, 0.2) is 5.60 Å². The first kappa shape index (κ1) is 20.4. The number of cyclic esters (lactones) is 1. The van der Waals surface area contributed by atoms with Gasteiger partial charge in [-0.15, -0.1) is 0 Å². The van der Waals surface area contributed by atoms with Gasteiger partial charge in [0.1, 0.15) is 19.2 Å². The summed E-state index contributed by atoms with van der Waals surface area (Å²) in [6.07, 6.45) is 0.695. The molecule has 0 radical (unpaired) electrons. The van der Waals surface area contributed by atoms with Crippen LogP contribution in [0.1, 0.15) is 41.2 Å². The number of aromatic nitrogens is 1. The summed E-state index contributed by atoms with van der Waals surface area (Å²) >= 11 is 0. The standard InChI is InChI=1S/C25H23FN2O5/c1-3-25(32)18-8-20-15-6-13-7-19(26)12(2)14-4-5-27(11-29)22(21(13)14)16(15)9-28(20)23(30)17(18)10-33-24(25)31/h6-8,29,32H,3-5,9-11H2,1-2H3/t25-/m0/s1. The number of hydrogen-bond donors (Lipinski definition) is 2. The van der Waals surface area contributed by atoms with Gasteiger partial charge in [-0.3, -0.25) is 4.79 Å². The van der Waals surface area contributed by atoms with Crippen LogP contribution in [0.2, 0.25) is 0 Å². The van der Waals surface area contributed by atoms with Crippen LogP contribution in [-0.4, -0.2) is 34.0 Å². The van der Waals surface area contributed by atoms with Crippen molar-refractivity contribution in [3.63, 3.8) is 0 Å². The summed E-state index contributed by atoms with van der Waals surface area (Å²) in [6, 6.07) is 5.07. The second kappa shape index (κ2) is 6.65. The molecule has 3 aliphatic heterocycles. The Balaban J connectivity index is 1.70. The highest BCUT2D eigenvalue weighted by Crippen LogP contribution is 2.47. The predicted octanol–water partition coefficient (Wildman–Crippen LogP) is 2.44. The van der Waals surface area contributed by atoms with Gasteiger partial charge < -0.3 is 24.4 Å². The number of halogens is 1. The van der Waals surface area contributed by atoms with Crippen LogP contribution in [-0.2, 0) is 34.7 Å². The maximum atomic E-state index is 14.8. The van der Waals surface area contributed by atoms with Crippen molar-refractivity contribution in [2.45, 2.75) is 45.4 Å². The van der Waals surface area contributed by atoms with E-state index in [1.165, 1.54) is 6.07 Å². The van der Waals surface area contributed by atoms with Crippen LogP contribution in [0.4, 0.5) is 10.1 Å². The van der Waals surface area contributed by atoms with Gasteiger partial charge in [-0.2, -0.15) is 0 Å². The fourth-order valence-electron chi connectivity index (χ4n) is 5.73. The molecule has 33 heavy (non-hydrogen) atoms. The molecule has 0 fully saturated rings. The number of esters is 1.